The number of piperidine rings is 3. The fourth-order valence-electron chi connectivity index (χ4n) is 3.66. The lowest BCUT2D eigenvalue weighted by atomic mass is 9.84. The smallest absolute Gasteiger partial charge is 0.270 e. The van der Waals surface area contributed by atoms with E-state index in [-0.39, 0.29) is 11.9 Å². The third-order valence-corrected chi connectivity index (χ3v) is 4.98. The number of nitrogens with zero attached hydrogens (tertiary/aromatic N) is 3. The van der Waals surface area contributed by atoms with Crippen molar-refractivity contribution in [3.05, 3.63) is 30.2 Å². The van der Waals surface area contributed by atoms with E-state index in [2.05, 4.69) is 15.2 Å². The maximum absolute atomic E-state index is 12.4. The first-order valence-corrected chi connectivity index (χ1v) is 7.65. The standard InChI is InChI=1S/C16H20N4O/c1-19-5-2-12-8-13(17-9-15(12)19)16(21)18-14-10-20-6-3-11(14)4-7-20/h2,5,8-9,11,14H,3-4,6-7,10H2,1H3,(H,18,21). The molecule has 5 heteroatoms. The van der Waals surface area contributed by atoms with Crippen molar-refractivity contribution in [1.82, 2.24) is 19.8 Å². The molecule has 0 aromatic carbocycles. The van der Waals surface area contributed by atoms with Gasteiger partial charge in [-0.1, -0.05) is 0 Å². The van der Waals surface area contributed by atoms with Gasteiger partial charge in [0.2, 0.25) is 0 Å². The summed E-state index contributed by atoms with van der Waals surface area (Å²) in [5.74, 6) is 0.596. The number of hydrogen-bond acceptors (Lipinski definition) is 3. The molecule has 3 fully saturated rings. The van der Waals surface area contributed by atoms with Gasteiger partial charge in [0.25, 0.3) is 5.91 Å². The second-order valence-corrected chi connectivity index (χ2v) is 6.27. The normalized spacial score (nSPS) is 28.0. The van der Waals surface area contributed by atoms with Gasteiger partial charge in [0, 0.05) is 31.2 Å². The first kappa shape index (κ1) is 12.8. The number of amides is 1. The minimum atomic E-state index is -0.0421. The number of carbonyl (C=O) groups excluding carboxylic acids is 1. The molecule has 1 N–H and O–H groups in total. The average Bonchev–Trinajstić information content (AvgIpc) is 2.89. The number of fused-ring (bicyclic) bond motifs is 4. The van der Waals surface area contributed by atoms with Crippen LogP contribution in [0.2, 0.25) is 0 Å². The van der Waals surface area contributed by atoms with E-state index in [1.807, 2.05) is 29.9 Å². The Morgan fingerprint density at radius 1 is 1.38 bits per heavy atom. The third kappa shape index (κ3) is 2.21. The topological polar surface area (TPSA) is 50.2 Å². The largest absolute Gasteiger partial charge is 0.349 e. The molecule has 5 nitrogen and oxygen atoms in total. The maximum Gasteiger partial charge on any atom is 0.270 e. The Morgan fingerprint density at radius 2 is 2.19 bits per heavy atom. The highest BCUT2D eigenvalue weighted by atomic mass is 16.1. The molecular formula is C16H20N4O. The molecule has 0 aliphatic carbocycles. The Morgan fingerprint density at radius 3 is 2.90 bits per heavy atom. The van der Waals surface area contributed by atoms with E-state index in [9.17, 15) is 4.79 Å². The van der Waals surface area contributed by atoms with Crippen LogP contribution >= 0.6 is 0 Å². The molecule has 2 aromatic rings. The molecule has 0 saturated carbocycles. The first-order chi connectivity index (χ1) is 10.2. The molecule has 3 saturated heterocycles. The highest BCUT2D eigenvalue weighted by Crippen LogP contribution is 2.27. The zero-order chi connectivity index (χ0) is 14.4. The summed E-state index contributed by atoms with van der Waals surface area (Å²) in [6.45, 7) is 3.36. The number of pyridine rings is 1. The monoisotopic (exact) mass is 284 g/mol. The predicted octanol–water partition coefficient (Wildman–Crippen LogP) is 1.40. The SMILES string of the molecule is Cn1ccc2cc(C(=O)NC3CN4CCC3CC4)ncc21. The molecule has 1 amide bonds. The van der Waals surface area contributed by atoms with Crippen LogP contribution in [-0.4, -0.2) is 46.0 Å². The number of aryl methyl sites for hydroxylation is 1. The summed E-state index contributed by atoms with van der Waals surface area (Å²) in [6, 6.07) is 4.18. The number of carbonyl (C=O) groups is 1. The highest BCUT2D eigenvalue weighted by Gasteiger charge is 2.35. The molecule has 21 heavy (non-hydrogen) atoms. The first-order valence-electron chi connectivity index (χ1n) is 7.65. The van der Waals surface area contributed by atoms with E-state index < -0.39 is 0 Å². The fraction of sp³-hybridized carbons (Fsp3) is 0.500. The summed E-state index contributed by atoms with van der Waals surface area (Å²) in [7, 11) is 1.98. The van der Waals surface area contributed by atoms with Crippen LogP contribution < -0.4 is 5.32 Å². The molecule has 3 aliphatic heterocycles. The number of nitrogens with one attached hydrogen (secondary N) is 1. The Bertz CT molecular complexity index is 685. The van der Waals surface area contributed by atoms with E-state index in [0.29, 0.717) is 11.6 Å². The van der Waals surface area contributed by atoms with Gasteiger partial charge in [-0.3, -0.25) is 4.79 Å². The minimum absolute atomic E-state index is 0.0421. The summed E-state index contributed by atoms with van der Waals surface area (Å²) < 4.78 is 2.01. The summed E-state index contributed by atoms with van der Waals surface area (Å²) in [5.41, 5.74) is 1.57. The second-order valence-electron chi connectivity index (χ2n) is 6.27. The molecule has 5 rings (SSSR count). The molecule has 2 aromatic heterocycles. The van der Waals surface area contributed by atoms with Crippen LogP contribution in [0.5, 0.6) is 0 Å². The van der Waals surface area contributed by atoms with Crippen LogP contribution in [0.4, 0.5) is 0 Å². The Hall–Kier alpha value is -1.88. The lowest BCUT2D eigenvalue weighted by Crippen LogP contribution is -2.57. The van der Waals surface area contributed by atoms with Crippen LogP contribution in [0.3, 0.4) is 0 Å². The summed E-state index contributed by atoms with van der Waals surface area (Å²) in [6.07, 6.45) is 6.17. The van der Waals surface area contributed by atoms with E-state index in [1.165, 1.54) is 25.9 Å². The lowest BCUT2D eigenvalue weighted by molar-refractivity contribution is 0.0618. The van der Waals surface area contributed by atoms with Gasteiger partial charge in [-0.05, 0) is 44.0 Å². The van der Waals surface area contributed by atoms with Crippen molar-refractivity contribution < 1.29 is 4.79 Å². The van der Waals surface area contributed by atoms with Gasteiger partial charge >= 0.3 is 0 Å². The Balaban J connectivity index is 1.53. The Labute approximate surface area is 123 Å². The van der Waals surface area contributed by atoms with Gasteiger partial charge in [-0.2, -0.15) is 0 Å². The molecule has 0 spiro atoms. The van der Waals surface area contributed by atoms with Gasteiger partial charge in [0.1, 0.15) is 5.69 Å². The van der Waals surface area contributed by atoms with E-state index in [1.54, 1.807) is 6.20 Å². The van der Waals surface area contributed by atoms with Gasteiger partial charge in [-0.25, -0.2) is 4.98 Å². The van der Waals surface area contributed by atoms with E-state index >= 15 is 0 Å². The molecular weight excluding hydrogens is 264 g/mol. The molecule has 1 unspecified atom stereocenters. The number of aromatic nitrogens is 2. The van der Waals surface area contributed by atoms with Gasteiger partial charge in [-0.15, -0.1) is 0 Å². The molecule has 0 radical (unpaired) electrons. The maximum atomic E-state index is 12.4. The summed E-state index contributed by atoms with van der Waals surface area (Å²) in [5, 5.41) is 4.25. The van der Waals surface area contributed by atoms with Crippen LogP contribution in [0.15, 0.2) is 24.5 Å². The molecule has 110 valence electrons. The molecule has 3 aliphatic rings. The predicted molar refractivity (Wildman–Crippen MR) is 81.1 cm³/mol. The van der Waals surface area contributed by atoms with Crippen molar-refractivity contribution in [3.8, 4) is 0 Å². The third-order valence-electron chi connectivity index (χ3n) is 4.98. The summed E-state index contributed by atoms with van der Waals surface area (Å²) >= 11 is 0. The molecule has 1 atom stereocenters. The van der Waals surface area contributed by atoms with Gasteiger partial charge in [0.15, 0.2) is 0 Å². The lowest BCUT2D eigenvalue weighted by Gasteiger charge is -2.44. The quantitative estimate of drug-likeness (QED) is 0.907. The van der Waals surface area contributed by atoms with Crippen molar-refractivity contribution >= 4 is 16.8 Å². The van der Waals surface area contributed by atoms with Crippen LogP contribution in [0, 0.1) is 5.92 Å². The highest BCUT2D eigenvalue weighted by molar-refractivity contribution is 5.96. The fourth-order valence-corrected chi connectivity index (χ4v) is 3.66. The zero-order valence-electron chi connectivity index (χ0n) is 12.2. The zero-order valence-corrected chi connectivity index (χ0v) is 12.2. The van der Waals surface area contributed by atoms with Crippen molar-refractivity contribution in [3.63, 3.8) is 0 Å². The van der Waals surface area contributed by atoms with Crippen molar-refractivity contribution in [2.75, 3.05) is 19.6 Å². The van der Waals surface area contributed by atoms with Crippen LogP contribution in [0.25, 0.3) is 10.9 Å². The number of hydrogen-bond donors (Lipinski definition) is 1. The molecule has 5 heterocycles. The van der Waals surface area contributed by atoms with Crippen LogP contribution in [0.1, 0.15) is 23.3 Å². The minimum Gasteiger partial charge on any atom is -0.349 e. The van der Waals surface area contributed by atoms with E-state index in [0.717, 1.165) is 17.4 Å². The molecule has 2 bridgehead atoms. The van der Waals surface area contributed by atoms with E-state index in [4.69, 9.17) is 0 Å². The second kappa shape index (κ2) is 4.84. The Kier molecular flexibility index (Phi) is 2.96. The number of rotatable bonds is 2. The summed E-state index contributed by atoms with van der Waals surface area (Å²) in [4.78, 5) is 19.2. The van der Waals surface area contributed by atoms with Crippen molar-refractivity contribution in [2.24, 2.45) is 13.0 Å². The van der Waals surface area contributed by atoms with Crippen molar-refractivity contribution in [2.45, 2.75) is 18.9 Å². The van der Waals surface area contributed by atoms with Gasteiger partial charge < -0.3 is 14.8 Å². The van der Waals surface area contributed by atoms with Crippen LogP contribution in [-0.2, 0) is 7.05 Å². The van der Waals surface area contributed by atoms with Crippen molar-refractivity contribution in [1.29, 1.82) is 0 Å². The average molecular weight is 284 g/mol. The van der Waals surface area contributed by atoms with Gasteiger partial charge in [0.05, 0.1) is 11.7 Å².